The van der Waals surface area contributed by atoms with E-state index in [1.165, 1.54) is 0 Å². The predicted molar refractivity (Wildman–Crippen MR) is 60.4 cm³/mol. The molecular weight excluding hydrogens is 204 g/mol. The summed E-state index contributed by atoms with van der Waals surface area (Å²) < 4.78 is 10.5. The maximum Gasteiger partial charge on any atom is 0.310 e. The van der Waals surface area contributed by atoms with Crippen LogP contribution in [0, 0.1) is 0 Å². The Balaban J connectivity index is 1.87. The van der Waals surface area contributed by atoms with E-state index in [0.29, 0.717) is 19.1 Å². The second kappa shape index (κ2) is 5.01. The van der Waals surface area contributed by atoms with Gasteiger partial charge in [-0.05, 0) is 37.5 Å². The van der Waals surface area contributed by atoms with E-state index in [0.717, 1.165) is 24.2 Å². The molecule has 3 nitrogen and oxygen atoms in total. The van der Waals surface area contributed by atoms with Gasteiger partial charge in [0.25, 0.3) is 0 Å². The Bertz CT molecular complexity index is 352. The zero-order valence-corrected chi connectivity index (χ0v) is 9.44. The molecule has 0 amide bonds. The zero-order chi connectivity index (χ0) is 11.4. The van der Waals surface area contributed by atoms with Crippen LogP contribution in [0.4, 0.5) is 0 Å². The summed E-state index contributed by atoms with van der Waals surface area (Å²) in [6, 6.07) is 7.64. The van der Waals surface area contributed by atoms with Gasteiger partial charge in [-0.3, -0.25) is 4.79 Å². The lowest BCUT2D eigenvalue weighted by Gasteiger charge is -2.05. The monoisotopic (exact) mass is 220 g/mol. The minimum absolute atomic E-state index is 0.182. The van der Waals surface area contributed by atoms with Gasteiger partial charge in [0, 0.05) is 0 Å². The lowest BCUT2D eigenvalue weighted by molar-refractivity contribution is -0.142. The van der Waals surface area contributed by atoms with E-state index in [-0.39, 0.29) is 5.97 Å². The van der Waals surface area contributed by atoms with Crippen molar-refractivity contribution in [1.82, 2.24) is 0 Å². The molecule has 0 bridgehead atoms. The Morgan fingerprint density at radius 3 is 2.56 bits per heavy atom. The second-order valence-electron chi connectivity index (χ2n) is 3.94. The molecule has 0 radical (unpaired) electrons. The fraction of sp³-hybridized carbons (Fsp3) is 0.462. The molecule has 0 N–H and O–H groups in total. The highest BCUT2D eigenvalue weighted by atomic mass is 16.5. The van der Waals surface area contributed by atoms with Crippen LogP contribution in [0.2, 0.25) is 0 Å². The molecule has 1 fully saturated rings. The van der Waals surface area contributed by atoms with Crippen molar-refractivity contribution < 1.29 is 14.3 Å². The molecule has 0 heterocycles. The number of benzene rings is 1. The highest BCUT2D eigenvalue weighted by molar-refractivity contribution is 5.72. The summed E-state index contributed by atoms with van der Waals surface area (Å²) in [6.07, 6.45) is 3.06. The molecule has 1 aliphatic carbocycles. The summed E-state index contributed by atoms with van der Waals surface area (Å²) in [4.78, 5) is 11.2. The maximum absolute atomic E-state index is 11.2. The number of carbonyl (C=O) groups is 1. The van der Waals surface area contributed by atoms with E-state index >= 15 is 0 Å². The lowest BCUT2D eigenvalue weighted by Crippen LogP contribution is -2.07. The molecule has 1 aliphatic rings. The summed E-state index contributed by atoms with van der Waals surface area (Å²) in [5.41, 5.74) is 0.960. The fourth-order valence-electron chi connectivity index (χ4n) is 1.44. The van der Waals surface area contributed by atoms with Gasteiger partial charge in [-0.2, -0.15) is 0 Å². The molecular formula is C13H16O3. The number of ether oxygens (including phenoxy) is 2. The van der Waals surface area contributed by atoms with E-state index in [1.807, 2.05) is 31.2 Å². The van der Waals surface area contributed by atoms with Crippen molar-refractivity contribution in [1.29, 1.82) is 0 Å². The molecule has 86 valence electrons. The Labute approximate surface area is 95.4 Å². The van der Waals surface area contributed by atoms with Gasteiger partial charge in [-0.1, -0.05) is 12.1 Å². The molecule has 16 heavy (non-hydrogen) atoms. The average Bonchev–Trinajstić information content (AvgIpc) is 3.05. The van der Waals surface area contributed by atoms with Crippen molar-refractivity contribution in [2.45, 2.75) is 32.3 Å². The number of hydrogen-bond donors (Lipinski definition) is 0. The first-order chi connectivity index (χ1) is 7.78. The Kier molecular flexibility index (Phi) is 3.44. The summed E-state index contributed by atoms with van der Waals surface area (Å²) in [5, 5.41) is 0. The summed E-state index contributed by atoms with van der Waals surface area (Å²) in [6.45, 7) is 2.24. The van der Waals surface area contributed by atoms with Gasteiger partial charge in [0.2, 0.25) is 0 Å². The van der Waals surface area contributed by atoms with Gasteiger partial charge in [0.05, 0.1) is 19.1 Å². The molecule has 1 aromatic rings. The van der Waals surface area contributed by atoms with Crippen LogP contribution in [-0.4, -0.2) is 18.7 Å². The number of hydrogen-bond acceptors (Lipinski definition) is 3. The van der Waals surface area contributed by atoms with Crippen molar-refractivity contribution >= 4 is 5.97 Å². The Morgan fingerprint density at radius 1 is 1.31 bits per heavy atom. The summed E-state index contributed by atoms with van der Waals surface area (Å²) >= 11 is 0. The molecule has 1 aromatic carbocycles. The van der Waals surface area contributed by atoms with Crippen LogP contribution in [0.5, 0.6) is 5.75 Å². The molecule has 0 atom stereocenters. The van der Waals surface area contributed by atoms with E-state index in [4.69, 9.17) is 9.47 Å². The van der Waals surface area contributed by atoms with Gasteiger partial charge >= 0.3 is 5.97 Å². The molecule has 0 aliphatic heterocycles. The van der Waals surface area contributed by atoms with E-state index in [9.17, 15) is 4.79 Å². The second-order valence-corrected chi connectivity index (χ2v) is 3.94. The van der Waals surface area contributed by atoms with Crippen molar-refractivity contribution in [2.75, 3.05) is 6.61 Å². The van der Waals surface area contributed by atoms with Crippen molar-refractivity contribution in [3.63, 3.8) is 0 Å². The van der Waals surface area contributed by atoms with Crippen LogP contribution in [0.1, 0.15) is 25.3 Å². The first-order valence-electron chi connectivity index (χ1n) is 5.69. The van der Waals surface area contributed by atoms with Crippen LogP contribution < -0.4 is 4.74 Å². The molecule has 0 unspecified atom stereocenters. The van der Waals surface area contributed by atoms with Crippen LogP contribution in [-0.2, 0) is 16.0 Å². The predicted octanol–water partition coefficient (Wildman–Crippen LogP) is 2.33. The largest absolute Gasteiger partial charge is 0.490 e. The lowest BCUT2D eigenvalue weighted by atomic mass is 10.1. The SMILES string of the molecule is CCOC(=O)Cc1ccc(OC2CC2)cc1. The highest BCUT2D eigenvalue weighted by Crippen LogP contribution is 2.26. The first-order valence-corrected chi connectivity index (χ1v) is 5.69. The summed E-state index contributed by atoms with van der Waals surface area (Å²) in [7, 11) is 0. The standard InChI is InChI=1S/C13H16O3/c1-2-15-13(14)9-10-3-5-11(6-4-10)16-12-7-8-12/h3-6,12H,2,7-9H2,1H3. The van der Waals surface area contributed by atoms with Gasteiger partial charge in [0.15, 0.2) is 0 Å². The van der Waals surface area contributed by atoms with Gasteiger partial charge in [0.1, 0.15) is 5.75 Å². The minimum atomic E-state index is -0.182. The third-order valence-corrected chi connectivity index (χ3v) is 2.40. The third-order valence-electron chi connectivity index (χ3n) is 2.40. The van der Waals surface area contributed by atoms with Crippen molar-refractivity contribution in [3.05, 3.63) is 29.8 Å². The van der Waals surface area contributed by atoms with Crippen molar-refractivity contribution in [3.8, 4) is 5.75 Å². The Hall–Kier alpha value is -1.51. The topological polar surface area (TPSA) is 35.5 Å². The quantitative estimate of drug-likeness (QED) is 0.714. The number of carbonyl (C=O) groups excluding carboxylic acids is 1. The molecule has 0 aromatic heterocycles. The average molecular weight is 220 g/mol. The maximum atomic E-state index is 11.2. The van der Waals surface area contributed by atoms with E-state index in [2.05, 4.69) is 0 Å². The highest BCUT2D eigenvalue weighted by Gasteiger charge is 2.23. The van der Waals surface area contributed by atoms with E-state index < -0.39 is 0 Å². The zero-order valence-electron chi connectivity index (χ0n) is 9.44. The van der Waals surface area contributed by atoms with Gasteiger partial charge < -0.3 is 9.47 Å². The first kappa shape index (κ1) is 11.0. The Morgan fingerprint density at radius 2 is 2.00 bits per heavy atom. The molecule has 1 saturated carbocycles. The molecule has 2 rings (SSSR count). The van der Waals surface area contributed by atoms with Gasteiger partial charge in [-0.15, -0.1) is 0 Å². The molecule has 0 saturated heterocycles. The van der Waals surface area contributed by atoms with Crippen LogP contribution in [0.25, 0.3) is 0 Å². The minimum Gasteiger partial charge on any atom is -0.490 e. The number of esters is 1. The summed E-state index contributed by atoms with van der Waals surface area (Å²) in [5.74, 6) is 0.702. The number of rotatable bonds is 5. The van der Waals surface area contributed by atoms with Crippen LogP contribution in [0.3, 0.4) is 0 Å². The van der Waals surface area contributed by atoms with Crippen LogP contribution in [0.15, 0.2) is 24.3 Å². The van der Waals surface area contributed by atoms with Crippen molar-refractivity contribution in [2.24, 2.45) is 0 Å². The van der Waals surface area contributed by atoms with Crippen LogP contribution >= 0.6 is 0 Å². The third kappa shape index (κ3) is 3.26. The molecule has 3 heteroatoms. The van der Waals surface area contributed by atoms with Gasteiger partial charge in [-0.25, -0.2) is 0 Å². The fourth-order valence-corrected chi connectivity index (χ4v) is 1.44. The van der Waals surface area contributed by atoms with E-state index in [1.54, 1.807) is 0 Å². The smallest absolute Gasteiger partial charge is 0.310 e. The normalized spacial score (nSPS) is 14.6. The molecule has 0 spiro atoms.